The lowest BCUT2D eigenvalue weighted by Crippen LogP contribution is -2.37. The van der Waals surface area contributed by atoms with E-state index in [2.05, 4.69) is 0 Å². The Morgan fingerprint density at radius 3 is 2.81 bits per heavy atom. The Labute approximate surface area is 148 Å². The van der Waals surface area contributed by atoms with Crippen LogP contribution in [0.15, 0.2) is 34.0 Å². The van der Waals surface area contributed by atoms with E-state index < -0.39 is 29.2 Å². The fourth-order valence-corrected chi connectivity index (χ4v) is 3.29. The first-order valence-corrected chi connectivity index (χ1v) is 8.31. The number of hydrogen-bond acceptors (Lipinski definition) is 6. The van der Waals surface area contributed by atoms with Gasteiger partial charge in [0.05, 0.1) is 18.3 Å². The minimum atomic E-state index is -1.09. The molecule has 9 heteroatoms. The number of H-pyrrole nitrogens is 1. The fourth-order valence-electron chi connectivity index (χ4n) is 3.29. The van der Waals surface area contributed by atoms with Crippen molar-refractivity contribution in [2.45, 2.75) is 25.1 Å². The largest absolute Gasteiger partial charge is 0.508 e. The van der Waals surface area contributed by atoms with Gasteiger partial charge in [0.2, 0.25) is 5.82 Å². The zero-order chi connectivity index (χ0) is 18.8. The molecule has 1 aromatic heterocycles. The first-order valence-electron chi connectivity index (χ1n) is 8.31. The Morgan fingerprint density at radius 1 is 1.31 bits per heavy atom. The van der Waals surface area contributed by atoms with Gasteiger partial charge in [-0.2, -0.15) is 4.39 Å². The highest BCUT2D eigenvalue weighted by atomic mass is 19.1. The van der Waals surface area contributed by atoms with Crippen molar-refractivity contribution in [1.29, 1.82) is 0 Å². The number of rotatable bonds is 5. The average molecular weight is 364 g/mol. The van der Waals surface area contributed by atoms with Gasteiger partial charge < -0.3 is 15.9 Å². The zero-order valence-electron chi connectivity index (χ0n) is 14.1. The number of aromatic amines is 1. The van der Waals surface area contributed by atoms with Crippen molar-refractivity contribution < 1.29 is 14.6 Å². The molecule has 26 heavy (non-hydrogen) atoms. The van der Waals surface area contributed by atoms with E-state index in [0.717, 1.165) is 16.3 Å². The summed E-state index contributed by atoms with van der Waals surface area (Å²) in [6.45, 7) is 1.37. The molecule has 5 N–H and O–H groups in total. The summed E-state index contributed by atoms with van der Waals surface area (Å²) in [7, 11) is 0. The second-order valence-electron chi connectivity index (χ2n) is 6.47. The number of aliphatic hydroxyl groups is 1. The molecule has 1 saturated heterocycles. The normalized spacial score (nSPS) is 20.6. The van der Waals surface area contributed by atoms with E-state index in [4.69, 9.17) is 5.73 Å². The molecule has 1 fully saturated rings. The Balaban J connectivity index is 1.79. The van der Waals surface area contributed by atoms with Gasteiger partial charge in [0.25, 0.3) is 5.56 Å². The van der Waals surface area contributed by atoms with Crippen molar-refractivity contribution in [3.05, 3.63) is 62.2 Å². The van der Waals surface area contributed by atoms with Crippen LogP contribution < -0.4 is 17.0 Å². The smallest absolute Gasteiger partial charge is 0.328 e. The van der Waals surface area contributed by atoms with Crippen LogP contribution in [0, 0.1) is 5.82 Å². The number of β-amino-alcohol motifs (C(OH)–C–C–N with tert-alkyl or cyclic N) is 1. The van der Waals surface area contributed by atoms with Crippen LogP contribution in [0.2, 0.25) is 0 Å². The number of nitrogens with one attached hydrogen (secondary N) is 1. The fraction of sp³-hybridized carbons (Fsp3) is 0.412. The number of halogens is 1. The number of nitrogens with two attached hydrogens (primary N) is 1. The topological polar surface area (TPSA) is 125 Å². The highest BCUT2D eigenvalue weighted by molar-refractivity contribution is 5.36. The number of phenols is 1. The zero-order valence-corrected chi connectivity index (χ0v) is 14.1. The summed E-state index contributed by atoms with van der Waals surface area (Å²) in [5, 5.41) is 20.3. The van der Waals surface area contributed by atoms with E-state index in [1.807, 2.05) is 16.0 Å². The van der Waals surface area contributed by atoms with Crippen LogP contribution in [0.1, 0.15) is 17.2 Å². The van der Waals surface area contributed by atoms with E-state index in [-0.39, 0.29) is 18.8 Å². The molecule has 2 aromatic rings. The summed E-state index contributed by atoms with van der Waals surface area (Å²) in [5.41, 5.74) is 5.38. The number of aromatic nitrogens is 2. The van der Waals surface area contributed by atoms with Crippen LogP contribution >= 0.6 is 0 Å². The minimum Gasteiger partial charge on any atom is -0.508 e. The van der Waals surface area contributed by atoms with Crippen molar-refractivity contribution in [2.75, 3.05) is 19.6 Å². The summed E-state index contributed by atoms with van der Waals surface area (Å²) in [6, 6.07) is 4.57. The second-order valence-corrected chi connectivity index (χ2v) is 6.47. The standard InChI is InChI=1S/C17H21FN4O4/c18-12-7-22(17(26)20-16(12)25)13-8-21(9-15(13)24)6-11-5-10(3-4-19)1-2-14(11)23/h1-2,5,7,13,15,23-24H,3-4,6,8-9,19H2,(H,20,25,26)/t13-,15-/m0/s1. The predicted octanol–water partition coefficient (Wildman–Crippen LogP) is -0.700. The van der Waals surface area contributed by atoms with Crippen molar-refractivity contribution in [2.24, 2.45) is 5.73 Å². The van der Waals surface area contributed by atoms with E-state index in [1.165, 1.54) is 0 Å². The molecule has 0 aliphatic carbocycles. The lowest BCUT2D eigenvalue weighted by atomic mass is 10.1. The van der Waals surface area contributed by atoms with Crippen LogP contribution in [0.3, 0.4) is 0 Å². The molecule has 0 saturated carbocycles. The molecule has 3 rings (SSSR count). The molecule has 0 radical (unpaired) electrons. The summed E-state index contributed by atoms with van der Waals surface area (Å²) < 4.78 is 14.5. The van der Waals surface area contributed by atoms with Gasteiger partial charge in [-0.25, -0.2) is 4.79 Å². The molecule has 8 nitrogen and oxygen atoms in total. The summed E-state index contributed by atoms with van der Waals surface area (Å²) in [6.07, 6.45) is 0.593. The molecule has 1 aliphatic heterocycles. The molecule has 0 unspecified atom stereocenters. The molecule has 2 atom stereocenters. The number of likely N-dealkylation sites (tertiary alicyclic amines) is 1. The van der Waals surface area contributed by atoms with Crippen LogP contribution in [0.5, 0.6) is 5.75 Å². The molecular weight excluding hydrogens is 343 g/mol. The van der Waals surface area contributed by atoms with Crippen molar-refractivity contribution in [3.63, 3.8) is 0 Å². The third-order valence-electron chi connectivity index (χ3n) is 4.59. The van der Waals surface area contributed by atoms with Gasteiger partial charge in [0, 0.05) is 25.2 Å². The molecule has 0 spiro atoms. The van der Waals surface area contributed by atoms with E-state index >= 15 is 0 Å². The van der Waals surface area contributed by atoms with Gasteiger partial charge in [0.15, 0.2) is 0 Å². The van der Waals surface area contributed by atoms with E-state index in [9.17, 15) is 24.2 Å². The van der Waals surface area contributed by atoms with E-state index in [1.54, 1.807) is 12.1 Å². The first-order chi connectivity index (χ1) is 12.4. The highest BCUT2D eigenvalue weighted by Crippen LogP contribution is 2.26. The quantitative estimate of drug-likeness (QED) is 0.556. The maximum absolute atomic E-state index is 13.5. The molecule has 0 amide bonds. The third-order valence-corrected chi connectivity index (χ3v) is 4.59. The minimum absolute atomic E-state index is 0.135. The van der Waals surface area contributed by atoms with Crippen molar-refractivity contribution in [3.8, 4) is 5.75 Å². The molecular formula is C17H21FN4O4. The molecule has 0 bridgehead atoms. The first kappa shape index (κ1) is 18.3. The summed E-state index contributed by atoms with van der Waals surface area (Å²) in [5.74, 6) is -0.946. The van der Waals surface area contributed by atoms with Crippen LogP contribution in [0.25, 0.3) is 0 Å². The van der Waals surface area contributed by atoms with E-state index in [0.29, 0.717) is 25.1 Å². The Morgan fingerprint density at radius 2 is 2.08 bits per heavy atom. The average Bonchev–Trinajstić information content (AvgIpc) is 2.94. The van der Waals surface area contributed by atoms with Crippen molar-refractivity contribution >= 4 is 0 Å². The number of benzene rings is 1. The molecule has 1 aromatic carbocycles. The summed E-state index contributed by atoms with van der Waals surface area (Å²) in [4.78, 5) is 26.8. The molecule has 1 aliphatic rings. The van der Waals surface area contributed by atoms with Gasteiger partial charge in [-0.3, -0.25) is 19.2 Å². The van der Waals surface area contributed by atoms with Gasteiger partial charge in [-0.1, -0.05) is 12.1 Å². The van der Waals surface area contributed by atoms with Crippen LogP contribution in [-0.2, 0) is 13.0 Å². The summed E-state index contributed by atoms with van der Waals surface area (Å²) >= 11 is 0. The Kier molecular flexibility index (Phi) is 5.21. The number of hydrogen-bond donors (Lipinski definition) is 4. The number of phenolic OH excluding ortho intramolecular Hbond substituents is 1. The maximum atomic E-state index is 13.5. The Hall–Kier alpha value is -2.49. The highest BCUT2D eigenvalue weighted by Gasteiger charge is 2.34. The number of aliphatic hydroxyl groups excluding tert-OH is 1. The maximum Gasteiger partial charge on any atom is 0.328 e. The molecule has 140 valence electrons. The number of aromatic hydroxyl groups is 1. The molecule has 2 heterocycles. The van der Waals surface area contributed by atoms with Gasteiger partial charge in [-0.05, 0) is 24.6 Å². The monoisotopic (exact) mass is 364 g/mol. The number of nitrogens with zero attached hydrogens (tertiary/aromatic N) is 2. The lowest BCUT2D eigenvalue weighted by Gasteiger charge is -2.18. The van der Waals surface area contributed by atoms with Crippen LogP contribution in [0.4, 0.5) is 4.39 Å². The Bertz CT molecular complexity index is 910. The van der Waals surface area contributed by atoms with Gasteiger partial charge in [0.1, 0.15) is 5.75 Å². The SMILES string of the molecule is NCCc1ccc(O)c(CN2C[C@H](O)[C@@H](n3cc(F)c(=O)[nH]c3=O)C2)c1. The van der Waals surface area contributed by atoms with Gasteiger partial charge >= 0.3 is 5.69 Å². The third kappa shape index (κ3) is 3.69. The van der Waals surface area contributed by atoms with Crippen molar-refractivity contribution in [1.82, 2.24) is 14.5 Å². The van der Waals surface area contributed by atoms with Gasteiger partial charge in [-0.15, -0.1) is 0 Å². The second kappa shape index (κ2) is 7.40. The van der Waals surface area contributed by atoms with Crippen LogP contribution in [-0.4, -0.2) is 50.4 Å². The predicted molar refractivity (Wildman–Crippen MR) is 92.5 cm³/mol. The lowest BCUT2D eigenvalue weighted by molar-refractivity contribution is 0.141.